The van der Waals surface area contributed by atoms with Crippen molar-refractivity contribution in [2.75, 3.05) is 19.4 Å². The highest BCUT2D eigenvalue weighted by Gasteiger charge is 2.29. The van der Waals surface area contributed by atoms with Gasteiger partial charge in [-0.15, -0.1) is 0 Å². The van der Waals surface area contributed by atoms with Gasteiger partial charge >= 0.3 is 0 Å². The molecule has 0 heterocycles. The molecule has 0 aromatic heterocycles. The maximum absolute atomic E-state index is 13.4. The van der Waals surface area contributed by atoms with Gasteiger partial charge in [-0.3, -0.25) is 0 Å². The summed E-state index contributed by atoms with van der Waals surface area (Å²) in [7, 11) is -0.791. The Balaban J connectivity index is 2.84. The first-order valence-corrected chi connectivity index (χ1v) is 9.46. The summed E-state index contributed by atoms with van der Waals surface area (Å²) in [6, 6.07) is 14.1. The summed E-state index contributed by atoms with van der Waals surface area (Å²) < 4.78 is 18.9. The number of aryl methyl sites for hydroxylation is 1. The van der Waals surface area contributed by atoms with Gasteiger partial charge in [-0.05, 0) is 29.7 Å². The topological polar surface area (TPSA) is 26.3 Å². The Labute approximate surface area is 127 Å². The van der Waals surface area contributed by atoms with Gasteiger partial charge in [0.05, 0.1) is 12.4 Å². The predicted molar refractivity (Wildman–Crippen MR) is 91.5 cm³/mol. The van der Waals surface area contributed by atoms with E-state index in [1.54, 1.807) is 7.11 Å². The minimum absolute atomic E-state index is 0.656. The summed E-state index contributed by atoms with van der Waals surface area (Å²) in [5, 5.41) is 0.904. The number of hydrogen-bond acceptors (Lipinski definition) is 2. The second-order valence-corrected chi connectivity index (χ2v) is 8.69. The maximum atomic E-state index is 13.4. The summed E-state index contributed by atoms with van der Waals surface area (Å²) >= 11 is 0. The molecule has 0 fully saturated rings. The molecule has 0 spiro atoms. The molecule has 2 aromatic rings. The average molecular weight is 302 g/mol. The number of hydrogen-bond donors (Lipinski definition) is 0. The first-order chi connectivity index (χ1) is 10.1. The van der Waals surface area contributed by atoms with Crippen molar-refractivity contribution in [2.24, 2.45) is 0 Å². The van der Waals surface area contributed by atoms with Crippen molar-refractivity contribution in [3.63, 3.8) is 0 Å². The molecule has 0 bridgehead atoms. The Bertz CT molecular complexity index is 654. The number of rotatable bonds is 5. The molecule has 0 radical (unpaired) electrons. The van der Waals surface area contributed by atoms with Gasteiger partial charge in [-0.2, -0.15) is 0 Å². The monoisotopic (exact) mass is 302 g/mol. The van der Waals surface area contributed by atoms with Gasteiger partial charge < -0.3 is 9.30 Å². The van der Waals surface area contributed by atoms with E-state index >= 15 is 0 Å². The molecule has 0 aliphatic rings. The Kier molecular flexibility index (Phi) is 4.90. The van der Waals surface area contributed by atoms with Crippen molar-refractivity contribution in [3.05, 3.63) is 48.0 Å². The Hall–Kier alpha value is -1.53. The molecule has 2 aromatic carbocycles. The van der Waals surface area contributed by atoms with Crippen molar-refractivity contribution in [2.45, 2.75) is 20.8 Å². The van der Waals surface area contributed by atoms with Gasteiger partial charge in [0.1, 0.15) is 12.9 Å². The van der Waals surface area contributed by atoms with E-state index in [1.165, 1.54) is 0 Å². The van der Waals surface area contributed by atoms with E-state index in [0.29, 0.717) is 12.3 Å². The molecule has 2 nitrogen and oxygen atoms in total. The smallest absolute Gasteiger partial charge is 0.130 e. The molecule has 0 saturated heterocycles. The van der Waals surface area contributed by atoms with Crippen LogP contribution in [0.1, 0.15) is 19.4 Å². The van der Waals surface area contributed by atoms with Crippen molar-refractivity contribution >= 4 is 12.4 Å². The lowest BCUT2D eigenvalue weighted by molar-refractivity contribution is 0.418. The van der Waals surface area contributed by atoms with Crippen LogP contribution in [0.4, 0.5) is 0 Å². The van der Waals surface area contributed by atoms with E-state index in [-0.39, 0.29) is 0 Å². The largest absolute Gasteiger partial charge is 0.496 e. The normalized spacial score (nSPS) is 11.4. The van der Waals surface area contributed by atoms with Crippen LogP contribution in [0.15, 0.2) is 42.5 Å². The van der Waals surface area contributed by atoms with Gasteiger partial charge in [-0.25, -0.2) is 0 Å². The molecule has 21 heavy (non-hydrogen) atoms. The zero-order chi connectivity index (χ0) is 15.5. The molecular formula is C18H23O2P. The minimum Gasteiger partial charge on any atom is -0.496 e. The van der Waals surface area contributed by atoms with E-state index in [1.807, 2.05) is 44.2 Å². The Morgan fingerprint density at radius 2 is 1.62 bits per heavy atom. The highest BCUT2D eigenvalue weighted by atomic mass is 31.2. The lowest BCUT2D eigenvalue weighted by Crippen LogP contribution is -2.16. The third-order valence-electron chi connectivity index (χ3n) is 4.06. The van der Waals surface area contributed by atoms with E-state index in [4.69, 9.17) is 4.74 Å². The Morgan fingerprint density at radius 1 is 1.00 bits per heavy atom. The number of benzene rings is 2. The number of ether oxygens (including phenoxy) is 1. The molecule has 0 aliphatic carbocycles. The summed E-state index contributed by atoms with van der Waals surface area (Å²) in [5.74, 6) is 0.742. The molecule has 0 N–H and O–H groups in total. The van der Waals surface area contributed by atoms with Crippen LogP contribution in [-0.4, -0.2) is 19.4 Å². The van der Waals surface area contributed by atoms with Gasteiger partial charge in [0, 0.05) is 12.3 Å². The summed E-state index contributed by atoms with van der Waals surface area (Å²) in [6.45, 7) is 6.07. The second-order valence-electron chi connectivity index (χ2n) is 5.20. The van der Waals surface area contributed by atoms with Gasteiger partial charge in [0.15, 0.2) is 0 Å². The molecule has 112 valence electrons. The first kappa shape index (κ1) is 15.9. The quantitative estimate of drug-likeness (QED) is 0.748. The average Bonchev–Trinajstić information content (AvgIpc) is 2.54. The molecular weight excluding hydrogens is 279 g/mol. The van der Waals surface area contributed by atoms with Crippen molar-refractivity contribution in [3.8, 4) is 16.9 Å². The summed E-state index contributed by atoms with van der Waals surface area (Å²) in [4.78, 5) is 0. The van der Waals surface area contributed by atoms with E-state index < -0.39 is 7.14 Å². The van der Waals surface area contributed by atoms with Crippen LogP contribution in [0.25, 0.3) is 11.1 Å². The van der Waals surface area contributed by atoms with E-state index in [0.717, 1.165) is 27.7 Å². The molecule has 0 amide bonds. The predicted octanol–water partition coefficient (Wildman–Crippen LogP) is 4.70. The van der Waals surface area contributed by atoms with Crippen molar-refractivity contribution in [1.82, 2.24) is 0 Å². The third kappa shape index (κ3) is 2.91. The van der Waals surface area contributed by atoms with Gasteiger partial charge in [0.2, 0.25) is 0 Å². The van der Waals surface area contributed by atoms with Crippen LogP contribution in [0.3, 0.4) is 0 Å². The number of methoxy groups -OCH3 is 1. The molecule has 2 rings (SSSR count). The Morgan fingerprint density at radius 3 is 2.14 bits per heavy atom. The first-order valence-electron chi connectivity index (χ1n) is 7.39. The SMILES string of the molecule is CCP(=O)(CC)c1c(OC)ccc(C)c1-c1ccccc1. The molecule has 0 aliphatic heterocycles. The standard InChI is InChI=1S/C18H23O2P/c1-5-21(19,6-2)18-16(20-4)13-12-14(3)17(18)15-10-8-7-9-11-15/h7-13H,5-6H2,1-4H3. The van der Waals surface area contributed by atoms with Crippen LogP contribution in [0.5, 0.6) is 5.75 Å². The minimum atomic E-state index is -2.44. The van der Waals surface area contributed by atoms with Crippen molar-refractivity contribution in [1.29, 1.82) is 0 Å². The third-order valence-corrected chi connectivity index (χ3v) is 7.36. The van der Waals surface area contributed by atoms with Crippen LogP contribution in [0, 0.1) is 6.92 Å². The maximum Gasteiger partial charge on any atom is 0.130 e. The zero-order valence-corrected chi connectivity index (χ0v) is 14.1. The van der Waals surface area contributed by atoms with Crippen LogP contribution >= 0.6 is 7.14 Å². The van der Waals surface area contributed by atoms with E-state index in [2.05, 4.69) is 19.1 Å². The van der Waals surface area contributed by atoms with Crippen molar-refractivity contribution < 1.29 is 9.30 Å². The molecule has 0 saturated carbocycles. The fourth-order valence-corrected chi connectivity index (χ4v) is 5.11. The summed E-state index contributed by atoms with van der Waals surface area (Å²) in [6.07, 6.45) is 1.31. The van der Waals surface area contributed by atoms with Crippen LogP contribution < -0.4 is 10.0 Å². The van der Waals surface area contributed by atoms with Crippen LogP contribution in [0.2, 0.25) is 0 Å². The fraction of sp³-hybridized carbons (Fsp3) is 0.333. The highest BCUT2D eigenvalue weighted by molar-refractivity contribution is 7.72. The second kappa shape index (κ2) is 6.49. The molecule has 0 atom stereocenters. The molecule has 0 unspecified atom stereocenters. The van der Waals surface area contributed by atoms with Crippen LogP contribution in [-0.2, 0) is 4.57 Å². The molecule has 3 heteroatoms. The van der Waals surface area contributed by atoms with Gasteiger partial charge in [-0.1, -0.05) is 50.2 Å². The fourth-order valence-electron chi connectivity index (χ4n) is 2.75. The lowest BCUT2D eigenvalue weighted by atomic mass is 10.00. The zero-order valence-electron chi connectivity index (χ0n) is 13.2. The van der Waals surface area contributed by atoms with Gasteiger partial charge in [0.25, 0.3) is 0 Å². The highest BCUT2D eigenvalue weighted by Crippen LogP contribution is 2.49. The lowest BCUT2D eigenvalue weighted by Gasteiger charge is -2.23. The van der Waals surface area contributed by atoms with E-state index in [9.17, 15) is 4.57 Å². The summed E-state index contributed by atoms with van der Waals surface area (Å²) in [5.41, 5.74) is 3.31.